The lowest BCUT2D eigenvalue weighted by Gasteiger charge is -2.36. The summed E-state index contributed by atoms with van der Waals surface area (Å²) in [5, 5.41) is 7.89. The van der Waals surface area contributed by atoms with Crippen LogP contribution in [0.1, 0.15) is 36.5 Å². The second kappa shape index (κ2) is 11.8. The second-order valence-corrected chi connectivity index (χ2v) is 12.0. The summed E-state index contributed by atoms with van der Waals surface area (Å²) in [5.74, 6) is -0.263. The third-order valence-electron chi connectivity index (χ3n) is 6.79. The van der Waals surface area contributed by atoms with E-state index < -0.39 is 38.6 Å². The van der Waals surface area contributed by atoms with Crippen LogP contribution in [-0.4, -0.2) is 36.1 Å². The molecule has 0 saturated heterocycles. The number of ether oxygens (including phenoxy) is 1. The Hall–Kier alpha value is -3.90. The molecule has 4 aromatic rings. The highest BCUT2D eigenvalue weighted by Gasteiger charge is 2.37. The van der Waals surface area contributed by atoms with E-state index >= 15 is 0 Å². The Morgan fingerprint density at radius 3 is 2.64 bits per heavy atom. The second-order valence-electron chi connectivity index (χ2n) is 9.76. The first-order valence-corrected chi connectivity index (χ1v) is 14.7. The molecule has 3 aromatic carbocycles. The van der Waals surface area contributed by atoms with Crippen LogP contribution < -0.4 is 9.04 Å². The van der Waals surface area contributed by atoms with Crippen molar-refractivity contribution in [2.75, 3.05) is 10.8 Å². The van der Waals surface area contributed by atoms with Crippen LogP contribution in [0.25, 0.3) is 11.6 Å². The number of aromatic nitrogens is 3. The highest BCUT2D eigenvalue weighted by Crippen LogP contribution is 2.40. The Morgan fingerprint density at radius 1 is 1.14 bits per heavy atom. The highest BCUT2D eigenvalue weighted by atomic mass is 35.5. The standard InChI is InChI=1S/C29H25ClF4N4O3S/c1-19(28-24(30)8-3-9-25(28)31)15-20-10-11-27-26(16-20)38(18-22(41-27)6-4-13-37-14-12-35-36-37)42(39,40)23-7-2-5-21(17-23)29(32,33)34/h2-3,5,7-12,14-17,22H,4,6,13,18H2,1H3/b19-15+/t22-/m0/s1. The van der Waals surface area contributed by atoms with E-state index in [1.807, 2.05) is 0 Å². The molecule has 0 fully saturated rings. The molecule has 13 heteroatoms. The third kappa shape index (κ3) is 6.29. The number of sulfonamides is 1. The van der Waals surface area contributed by atoms with Crippen LogP contribution >= 0.6 is 11.6 Å². The molecule has 0 N–H and O–H groups in total. The zero-order chi connectivity index (χ0) is 30.1. The average molecular weight is 621 g/mol. The van der Waals surface area contributed by atoms with E-state index in [-0.39, 0.29) is 28.6 Å². The first kappa shape index (κ1) is 29.6. The molecule has 1 aliphatic heterocycles. The fourth-order valence-electron chi connectivity index (χ4n) is 4.79. The largest absolute Gasteiger partial charge is 0.486 e. The monoisotopic (exact) mass is 620 g/mol. The van der Waals surface area contributed by atoms with Crippen LogP contribution in [-0.2, 0) is 22.7 Å². The minimum atomic E-state index is -4.72. The first-order valence-electron chi connectivity index (χ1n) is 12.9. The molecule has 0 spiro atoms. The number of benzene rings is 3. The van der Waals surface area contributed by atoms with Crippen LogP contribution in [0.3, 0.4) is 0 Å². The van der Waals surface area contributed by atoms with E-state index in [1.165, 1.54) is 12.1 Å². The van der Waals surface area contributed by atoms with Crippen LogP contribution in [0, 0.1) is 5.82 Å². The maximum absolute atomic E-state index is 14.5. The van der Waals surface area contributed by atoms with E-state index in [1.54, 1.807) is 54.3 Å². The summed E-state index contributed by atoms with van der Waals surface area (Å²) in [7, 11) is -4.45. The van der Waals surface area contributed by atoms with Crippen molar-refractivity contribution in [3.63, 3.8) is 0 Å². The van der Waals surface area contributed by atoms with Gasteiger partial charge in [-0.3, -0.25) is 8.99 Å². The van der Waals surface area contributed by atoms with Gasteiger partial charge in [0.25, 0.3) is 10.0 Å². The van der Waals surface area contributed by atoms with Gasteiger partial charge in [0, 0.05) is 18.3 Å². The number of anilines is 1. The number of allylic oxidation sites excluding steroid dienone is 1. The van der Waals surface area contributed by atoms with Gasteiger partial charge in [-0.25, -0.2) is 12.8 Å². The van der Waals surface area contributed by atoms with Crippen molar-refractivity contribution in [2.45, 2.75) is 43.5 Å². The van der Waals surface area contributed by atoms with Gasteiger partial charge in [-0.2, -0.15) is 13.2 Å². The predicted octanol–water partition coefficient (Wildman–Crippen LogP) is 7.09. The molecule has 220 valence electrons. The molecule has 0 saturated carbocycles. The van der Waals surface area contributed by atoms with Crippen LogP contribution in [0.4, 0.5) is 23.2 Å². The molecule has 2 heterocycles. The number of nitrogens with zero attached hydrogens (tertiary/aromatic N) is 4. The number of aryl methyl sites for hydroxylation is 1. The SMILES string of the molecule is C/C(=C\c1ccc2c(c1)N(S(=O)(=O)c1cccc(C(F)(F)F)c1)C[C@H](CCCn1ccnn1)O2)c1c(F)cccc1Cl. The van der Waals surface area contributed by atoms with E-state index in [0.29, 0.717) is 36.6 Å². The van der Waals surface area contributed by atoms with Gasteiger partial charge in [0.1, 0.15) is 17.7 Å². The number of fused-ring (bicyclic) bond motifs is 1. The number of hydrogen-bond acceptors (Lipinski definition) is 5. The summed E-state index contributed by atoms with van der Waals surface area (Å²) in [6.45, 7) is 2.06. The summed E-state index contributed by atoms with van der Waals surface area (Å²) in [6.07, 6.45) is 0.621. The lowest BCUT2D eigenvalue weighted by atomic mass is 10.0. The van der Waals surface area contributed by atoms with Crippen molar-refractivity contribution >= 4 is 39.0 Å². The van der Waals surface area contributed by atoms with E-state index in [2.05, 4.69) is 10.3 Å². The van der Waals surface area contributed by atoms with Crippen molar-refractivity contribution < 1.29 is 30.7 Å². The zero-order valence-corrected chi connectivity index (χ0v) is 23.8. The summed E-state index contributed by atoms with van der Waals surface area (Å²) in [4.78, 5) is -0.498. The topological polar surface area (TPSA) is 77.3 Å². The number of rotatable bonds is 8. The quantitative estimate of drug-likeness (QED) is 0.155. The molecular formula is C29H25ClF4N4O3S. The molecule has 0 amide bonds. The molecule has 0 radical (unpaired) electrons. The predicted molar refractivity (Wildman–Crippen MR) is 151 cm³/mol. The minimum absolute atomic E-state index is 0.131. The van der Waals surface area contributed by atoms with Crippen molar-refractivity contribution in [3.05, 3.63) is 101 Å². The van der Waals surface area contributed by atoms with Crippen LogP contribution in [0.2, 0.25) is 5.02 Å². The molecule has 1 aliphatic rings. The van der Waals surface area contributed by atoms with E-state index in [4.69, 9.17) is 16.3 Å². The zero-order valence-electron chi connectivity index (χ0n) is 22.2. The molecule has 0 aliphatic carbocycles. The van der Waals surface area contributed by atoms with Gasteiger partial charge < -0.3 is 4.74 Å². The van der Waals surface area contributed by atoms with Gasteiger partial charge >= 0.3 is 6.18 Å². The average Bonchev–Trinajstić information content (AvgIpc) is 3.46. The fourth-order valence-corrected chi connectivity index (χ4v) is 6.64. The van der Waals surface area contributed by atoms with Gasteiger partial charge in [-0.15, -0.1) is 5.10 Å². The smallest absolute Gasteiger partial charge is 0.416 e. The molecule has 5 rings (SSSR count). The Kier molecular flexibility index (Phi) is 8.29. The Balaban J connectivity index is 1.52. The fraction of sp³-hybridized carbons (Fsp3) is 0.241. The summed E-state index contributed by atoms with van der Waals surface area (Å²) < 4.78 is 91.4. The lowest BCUT2D eigenvalue weighted by molar-refractivity contribution is -0.137. The minimum Gasteiger partial charge on any atom is -0.486 e. The van der Waals surface area contributed by atoms with Gasteiger partial charge in [-0.1, -0.05) is 41.1 Å². The van der Waals surface area contributed by atoms with Gasteiger partial charge in [0.2, 0.25) is 0 Å². The van der Waals surface area contributed by atoms with Crippen molar-refractivity contribution in [1.29, 1.82) is 0 Å². The molecule has 1 atom stereocenters. The van der Waals surface area contributed by atoms with E-state index in [9.17, 15) is 26.0 Å². The molecule has 0 unspecified atom stereocenters. The van der Waals surface area contributed by atoms with Crippen molar-refractivity contribution in [3.8, 4) is 5.75 Å². The molecule has 42 heavy (non-hydrogen) atoms. The van der Waals surface area contributed by atoms with Crippen LogP contribution in [0.15, 0.2) is 78.0 Å². The van der Waals surface area contributed by atoms with Crippen molar-refractivity contribution in [1.82, 2.24) is 15.0 Å². The Bertz CT molecular complexity index is 1710. The molecule has 1 aromatic heterocycles. The lowest BCUT2D eigenvalue weighted by Crippen LogP contribution is -2.43. The maximum atomic E-state index is 14.5. The Morgan fingerprint density at radius 2 is 1.93 bits per heavy atom. The number of hydrogen-bond donors (Lipinski definition) is 0. The summed E-state index contributed by atoms with van der Waals surface area (Å²) in [6, 6.07) is 12.8. The molecular weight excluding hydrogens is 596 g/mol. The van der Waals surface area contributed by atoms with Crippen molar-refractivity contribution in [2.24, 2.45) is 0 Å². The summed E-state index contributed by atoms with van der Waals surface area (Å²) >= 11 is 6.21. The van der Waals surface area contributed by atoms with Gasteiger partial charge in [0.05, 0.1) is 33.9 Å². The van der Waals surface area contributed by atoms with E-state index in [0.717, 1.165) is 22.5 Å². The molecule has 0 bridgehead atoms. The van der Waals surface area contributed by atoms with Crippen LogP contribution in [0.5, 0.6) is 5.75 Å². The first-order chi connectivity index (χ1) is 19.9. The number of alkyl halides is 3. The van der Waals surface area contributed by atoms with Gasteiger partial charge in [0.15, 0.2) is 0 Å². The molecule has 7 nitrogen and oxygen atoms in total. The Labute approximate surface area is 245 Å². The van der Waals surface area contributed by atoms with Gasteiger partial charge in [-0.05, 0) is 73.4 Å². The maximum Gasteiger partial charge on any atom is 0.416 e. The number of halogens is 5. The summed E-state index contributed by atoms with van der Waals surface area (Å²) in [5.41, 5.74) is 0.293. The highest BCUT2D eigenvalue weighted by molar-refractivity contribution is 7.92. The normalized spacial score (nSPS) is 15.8. The third-order valence-corrected chi connectivity index (χ3v) is 8.88.